The minimum Gasteiger partial charge on any atom is -0.378 e. The number of carbonyl (C=O) groups excluding carboxylic acids is 1. The van der Waals surface area contributed by atoms with E-state index < -0.39 is 0 Å². The predicted octanol–water partition coefficient (Wildman–Crippen LogP) is 0.797. The molecule has 1 fully saturated rings. The van der Waals surface area contributed by atoms with E-state index in [-0.39, 0.29) is 18.0 Å². The molecule has 4 heteroatoms. The van der Waals surface area contributed by atoms with E-state index in [1.807, 2.05) is 13.8 Å². The van der Waals surface area contributed by atoms with Gasteiger partial charge in [0.2, 0.25) is 5.91 Å². The molecule has 0 aromatic rings. The topological polar surface area (TPSA) is 64.4 Å². The minimum atomic E-state index is -0.378. The zero-order chi connectivity index (χ0) is 11.3. The number of carbonyl (C=O) groups is 1. The quantitative estimate of drug-likeness (QED) is 0.711. The standard InChI is InChI=1S/C11H22N2O2/c1-3-10(12)11(14)13-8(2)7-9-5-4-6-15-9/h8-10H,3-7,12H2,1-2H3,(H,13,14)/t8?,9?,10-/m0/s1. The zero-order valence-corrected chi connectivity index (χ0v) is 9.66. The molecule has 15 heavy (non-hydrogen) atoms. The van der Waals surface area contributed by atoms with Crippen LogP contribution in [0.3, 0.4) is 0 Å². The Bertz CT molecular complexity index is 203. The van der Waals surface area contributed by atoms with Crippen LogP contribution in [0.4, 0.5) is 0 Å². The molecule has 0 spiro atoms. The maximum Gasteiger partial charge on any atom is 0.237 e. The molecular weight excluding hydrogens is 192 g/mol. The Balaban J connectivity index is 2.22. The zero-order valence-electron chi connectivity index (χ0n) is 9.66. The molecule has 1 amide bonds. The fourth-order valence-electron chi connectivity index (χ4n) is 1.82. The van der Waals surface area contributed by atoms with Crippen LogP contribution in [0.25, 0.3) is 0 Å². The first-order chi connectivity index (χ1) is 7.13. The Morgan fingerprint density at radius 1 is 1.67 bits per heavy atom. The van der Waals surface area contributed by atoms with Crippen molar-refractivity contribution in [2.75, 3.05) is 6.61 Å². The van der Waals surface area contributed by atoms with E-state index in [1.165, 1.54) is 0 Å². The normalized spacial score (nSPS) is 24.9. The second-order valence-corrected chi connectivity index (χ2v) is 4.30. The Hall–Kier alpha value is -0.610. The highest BCUT2D eigenvalue weighted by molar-refractivity contribution is 5.81. The average molecular weight is 214 g/mol. The van der Waals surface area contributed by atoms with Gasteiger partial charge in [0, 0.05) is 12.6 Å². The van der Waals surface area contributed by atoms with Gasteiger partial charge in [-0.3, -0.25) is 4.79 Å². The molecule has 1 heterocycles. The van der Waals surface area contributed by atoms with Gasteiger partial charge < -0.3 is 15.8 Å². The number of ether oxygens (including phenoxy) is 1. The second-order valence-electron chi connectivity index (χ2n) is 4.30. The number of amides is 1. The molecule has 0 aromatic carbocycles. The van der Waals surface area contributed by atoms with Gasteiger partial charge in [-0.15, -0.1) is 0 Å². The summed E-state index contributed by atoms with van der Waals surface area (Å²) in [6.07, 6.45) is 4.14. The van der Waals surface area contributed by atoms with Gasteiger partial charge in [0.05, 0.1) is 12.1 Å². The Morgan fingerprint density at radius 3 is 2.93 bits per heavy atom. The van der Waals surface area contributed by atoms with Crippen molar-refractivity contribution < 1.29 is 9.53 Å². The lowest BCUT2D eigenvalue weighted by Crippen LogP contribution is -2.44. The van der Waals surface area contributed by atoms with Crippen LogP contribution >= 0.6 is 0 Å². The third-order valence-electron chi connectivity index (χ3n) is 2.81. The van der Waals surface area contributed by atoms with Crippen molar-refractivity contribution in [3.63, 3.8) is 0 Å². The van der Waals surface area contributed by atoms with Gasteiger partial charge in [-0.25, -0.2) is 0 Å². The van der Waals surface area contributed by atoms with Crippen LogP contribution in [-0.4, -0.2) is 30.7 Å². The Morgan fingerprint density at radius 2 is 2.40 bits per heavy atom. The summed E-state index contributed by atoms with van der Waals surface area (Å²) >= 11 is 0. The van der Waals surface area contributed by atoms with Crippen molar-refractivity contribution in [1.82, 2.24) is 5.32 Å². The van der Waals surface area contributed by atoms with Crippen LogP contribution in [0.1, 0.15) is 39.5 Å². The van der Waals surface area contributed by atoms with Gasteiger partial charge in [0.1, 0.15) is 0 Å². The molecule has 1 rings (SSSR count). The van der Waals surface area contributed by atoms with E-state index in [0.29, 0.717) is 12.5 Å². The van der Waals surface area contributed by atoms with Gasteiger partial charge in [-0.05, 0) is 32.6 Å². The maximum atomic E-state index is 11.5. The SMILES string of the molecule is CC[C@H](N)C(=O)NC(C)CC1CCCO1. The highest BCUT2D eigenvalue weighted by Crippen LogP contribution is 2.16. The summed E-state index contributed by atoms with van der Waals surface area (Å²) in [4.78, 5) is 11.5. The summed E-state index contributed by atoms with van der Waals surface area (Å²) in [5.41, 5.74) is 5.63. The van der Waals surface area contributed by atoms with E-state index in [1.54, 1.807) is 0 Å². The lowest BCUT2D eigenvalue weighted by molar-refractivity contribution is -0.123. The molecule has 1 aliphatic heterocycles. The highest BCUT2D eigenvalue weighted by atomic mass is 16.5. The fraction of sp³-hybridized carbons (Fsp3) is 0.909. The second kappa shape index (κ2) is 6.08. The van der Waals surface area contributed by atoms with Gasteiger partial charge >= 0.3 is 0 Å². The minimum absolute atomic E-state index is 0.0528. The van der Waals surface area contributed by atoms with E-state index in [2.05, 4.69) is 5.32 Å². The van der Waals surface area contributed by atoms with Gasteiger partial charge in [-0.2, -0.15) is 0 Å². The van der Waals surface area contributed by atoms with Gasteiger partial charge in [-0.1, -0.05) is 6.92 Å². The number of rotatable bonds is 5. The molecule has 0 saturated carbocycles. The van der Waals surface area contributed by atoms with Gasteiger partial charge in [0.15, 0.2) is 0 Å². The monoisotopic (exact) mass is 214 g/mol. The molecular formula is C11H22N2O2. The lowest BCUT2D eigenvalue weighted by atomic mass is 10.1. The molecule has 88 valence electrons. The van der Waals surface area contributed by atoms with Crippen molar-refractivity contribution in [3.8, 4) is 0 Å². The van der Waals surface area contributed by atoms with Crippen molar-refractivity contribution in [2.45, 2.75) is 57.7 Å². The number of nitrogens with two attached hydrogens (primary N) is 1. The van der Waals surface area contributed by atoms with Crippen LogP contribution in [-0.2, 0) is 9.53 Å². The Labute approximate surface area is 91.5 Å². The molecule has 3 atom stereocenters. The first-order valence-electron chi connectivity index (χ1n) is 5.81. The first-order valence-corrected chi connectivity index (χ1v) is 5.81. The van der Waals surface area contributed by atoms with Crippen molar-refractivity contribution in [1.29, 1.82) is 0 Å². The van der Waals surface area contributed by atoms with Crippen LogP contribution in [0.15, 0.2) is 0 Å². The molecule has 0 aliphatic carbocycles. The predicted molar refractivity (Wildman–Crippen MR) is 59.5 cm³/mol. The third kappa shape index (κ3) is 4.18. The first kappa shape index (κ1) is 12.5. The van der Waals surface area contributed by atoms with Crippen LogP contribution in [0.2, 0.25) is 0 Å². The largest absolute Gasteiger partial charge is 0.378 e. The average Bonchev–Trinajstić information content (AvgIpc) is 2.68. The number of hydrogen-bond acceptors (Lipinski definition) is 3. The molecule has 0 radical (unpaired) electrons. The highest BCUT2D eigenvalue weighted by Gasteiger charge is 2.20. The molecule has 0 bridgehead atoms. The van der Waals surface area contributed by atoms with Crippen molar-refractivity contribution in [3.05, 3.63) is 0 Å². The molecule has 2 unspecified atom stereocenters. The summed E-state index contributed by atoms with van der Waals surface area (Å²) in [5.74, 6) is -0.0528. The molecule has 0 aromatic heterocycles. The third-order valence-corrected chi connectivity index (χ3v) is 2.81. The van der Waals surface area contributed by atoms with E-state index >= 15 is 0 Å². The molecule has 1 aliphatic rings. The van der Waals surface area contributed by atoms with Crippen LogP contribution in [0.5, 0.6) is 0 Å². The van der Waals surface area contributed by atoms with Crippen LogP contribution < -0.4 is 11.1 Å². The summed E-state index contributed by atoms with van der Waals surface area (Å²) in [6, 6.07) is -0.227. The fourth-order valence-corrected chi connectivity index (χ4v) is 1.82. The number of hydrogen-bond donors (Lipinski definition) is 2. The van der Waals surface area contributed by atoms with Crippen LogP contribution in [0, 0.1) is 0 Å². The van der Waals surface area contributed by atoms with E-state index in [4.69, 9.17) is 10.5 Å². The summed E-state index contributed by atoms with van der Waals surface area (Å²) in [7, 11) is 0. The maximum absolute atomic E-state index is 11.5. The smallest absolute Gasteiger partial charge is 0.237 e. The van der Waals surface area contributed by atoms with Crippen molar-refractivity contribution >= 4 is 5.91 Å². The Kier molecular flexibility index (Phi) is 5.05. The molecule has 3 N–H and O–H groups in total. The van der Waals surface area contributed by atoms with Gasteiger partial charge in [0.25, 0.3) is 0 Å². The summed E-state index contributed by atoms with van der Waals surface area (Å²) in [6.45, 7) is 4.77. The lowest BCUT2D eigenvalue weighted by Gasteiger charge is -2.19. The van der Waals surface area contributed by atoms with E-state index in [9.17, 15) is 4.79 Å². The number of nitrogens with one attached hydrogen (secondary N) is 1. The molecule has 4 nitrogen and oxygen atoms in total. The van der Waals surface area contributed by atoms with Crippen molar-refractivity contribution in [2.24, 2.45) is 5.73 Å². The van der Waals surface area contributed by atoms with E-state index in [0.717, 1.165) is 25.9 Å². The summed E-state index contributed by atoms with van der Waals surface area (Å²) in [5, 5.41) is 2.91. The summed E-state index contributed by atoms with van der Waals surface area (Å²) < 4.78 is 5.51. The molecule has 1 saturated heterocycles.